The van der Waals surface area contributed by atoms with Gasteiger partial charge in [-0.25, -0.2) is 4.99 Å². The standard InChI is InChI=1S/C29H46N6/c1-19(2)27-14-12-13-26(16-28(27)25(9)35(10)11)31-18-32-29(22(6)15-21(5)17-30)34-24(8)23(7)33-20(3)4/h12-13,15-16,19,21,23-24,31,33H,3,9,14,18H2,1-2,4-8,10-11H3,(H,32,34)/b22-15-/t21?,23-,24?/m0/s1. The molecule has 6 nitrogen and oxygen atoms in total. The van der Waals surface area contributed by atoms with E-state index in [0.29, 0.717) is 12.6 Å². The van der Waals surface area contributed by atoms with E-state index in [0.717, 1.165) is 34.9 Å². The number of hydrogen-bond donors (Lipinski definition) is 3. The van der Waals surface area contributed by atoms with Crippen LogP contribution in [0.3, 0.4) is 0 Å². The van der Waals surface area contributed by atoms with Gasteiger partial charge < -0.3 is 20.9 Å². The second-order valence-corrected chi connectivity index (χ2v) is 9.90. The fraction of sp³-hybridized carbons (Fsp3) is 0.517. The van der Waals surface area contributed by atoms with Crippen LogP contribution in [0.1, 0.15) is 54.9 Å². The van der Waals surface area contributed by atoms with Gasteiger partial charge in [-0.1, -0.05) is 44.7 Å². The van der Waals surface area contributed by atoms with E-state index in [4.69, 9.17) is 4.99 Å². The van der Waals surface area contributed by atoms with Crippen molar-refractivity contribution in [2.75, 3.05) is 20.8 Å². The lowest BCUT2D eigenvalue weighted by Gasteiger charge is -2.25. The topological polar surface area (TPSA) is 75.5 Å². The number of likely N-dealkylation sites (N-methyl/N-ethyl adjacent to an activating group) is 1. The Labute approximate surface area is 214 Å². The first kappa shape index (κ1) is 29.8. The first-order chi connectivity index (χ1) is 16.4. The van der Waals surface area contributed by atoms with Gasteiger partial charge >= 0.3 is 0 Å². The predicted octanol–water partition coefficient (Wildman–Crippen LogP) is 5.40. The lowest BCUT2D eigenvalue weighted by molar-refractivity contribution is 0.487. The van der Waals surface area contributed by atoms with Gasteiger partial charge in [0.25, 0.3) is 0 Å². The van der Waals surface area contributed by atoms with E-state index >= 15 is 0 Å². The largest absolute Gasteiger partial charge is 0.385 e. The van der Waals surface area contributed by atoms with Crippen LogP contribution >= 0.6 is 0 Å². The minimum atomic E-state index is -0.192. The minimum Gasteiger partial charge on any atom is -0.385 e. The highest BCUT2D eigenvalue weighted by Gasteiger charge is 2.16. The number of aliphatic imine (C=N–C) groups is 1. The van der Waals surface area contributed by atoms with Crippen molar-refractivity contribution in [3.8, 4) is 6.07 Å². The van der Waals surface area contributed by atoms with Gasteiger partial charge in [0.05, 0.1) is 12.0 Å². The van der Waals surface area contributed by atoms with E-state index in [2.05, 4.69) is 86.0 Å². The lowest BCUT2D eigenvalue weighted by Crippen LogP contribution is -2.46. The van der Waals surface area contributed by atoms with Crippen molar-refractivity contribution < 1.29 is 0 Å². The Morgan fingerprint density at radius 2 is 1.77 bits per heavy atom. The minimum absolute atomic E-state index is 0.106. The van der Waals surface area contributed by atoms with Crippen molar-refractivity contribution in [2.45, 2.75) is 67.0 Å². The van der Waals surface area contributed by atoms with Gasteiger partial charge in [0.1, 0.15) is 12.5 Å². The SMILES string of the molecule is C=C(C)N[C@@H](C)C(C)NC(=N/CNC1=CC(C(=C)N(C)C)=C(C(C)C)CC=C1)/C(C)=C\C(C)C#N. The van der Waals surface area contributed by atoms with Crippen LogP contribution < -0.4 is 16.0 Å². The van der Waals surface area contributed by atoms with Gasteiger partial charge in [-0.05, 0) is 70.3 Å². The van der Waals surface area contributed by atoms with Crippen molar-refractivity contribution >= 4 is 5.84 Å². The molecule has 0 saturated heterocycles. The molecule has 0 heterocycles. The molecule has 0 aromatic rings. The first-order valence-corrected chi connectivity index (χ1v) is 12.4. The normalized spacial score (nSPS) is 17.1. The molecule has 1 rings (SSSR count). The molecule has 0 aromatic heterocycles. The van der Waals surface area contributed by atoms with Crippen molar-refractivity contribution in [3.05, 3.63) is 71.3 Å². The van der Waals surface area contributed by atoms with Crippen molar-refractivity contribution in [2.24, 2.45) is 16.8 Å². The Balaban J connectivity index is 3.19. The van der Waals surface area contributed by atoms with Gasteiger partial charge in [0.15, 0.2) is 0 Å². The molecule has 1 aliphatic rings. The van der Waals surface area contributed by atoms with Gasteiger partial charge in [-0.3, -0.25) is 0 Å². The molecule has 0 fully saturated rings. The molecule has 0 saturated carbocycles. The molecule has 2 unspecified atom stereocenters. The number of nitriles is 1. The second-order valence-electron chi connectivity index (χ2n) is 9.90. The Morgan fingerprint density at radius 1 is 1.14 bits per heavy atom. The summed E-state index contributed by atoms with van der Waals surface area (Å²) in [5.74, 6) is 1.02. The Hall–Kier alpha value is -3.20. The van der Waals surface area contributed by atoms with E-state index in [1.54, 1.807) is 0 Å². The van der Waals surface area contributed by atoms with Crippen molar-refractivity contribution in [3.63, 3.8) is 0 Å². The summed E-state index contributed by atoms with van der Waals surface area (Å²) in [7, 11) is 4.05. The molecule has 0 radical (unpaired) electrons. The summed E-state index contributed by atoms with van der Waals surface area (Å²) >= 11 is 0. The smallest absolute Gasteiger partial charge is 0.125 e. The first-order valence-electron chi connectivity index (χ1n) is 12.4. The van der Waals surface area contributed by atoms with Crippen molar-refractivity contribution in [1.82, 2.24) is 20.9 Å². The average Bonchev–Trinajstić information content (AvgIpc) is 2.99. The zero-order valence-electron chi connectivity index (χ0n) is 23.3. The number of rotatable bonds is 12. The van der Waals surface area contributed by atoms with Crippen LogP contribution in [0.5, 0.6) is 0 Å². The molecule has 3 atom stereocenters. The average molecular weight is 479 g/mol. The van der Waals surface area contributed by atoms with Crippen molar-refractivity contribution in [1.29, 1.82) is 5.26 Å². The lowest BCUT2D eigenvalue weighted by atomic mass is 9.93. The third kappa shape index (κ3) is 9.90. The van der Waals surface area contributed by atoms with Crippen LogP contribution in [0.4, 0.5) is 0 Å². The molecule has 1 aliphatic carbocycles. The highest BCUT2D eigenvalue weighted by Crippen LogP contribution is 2.28. The monoisotopic (exact) mass is 478 g/mol. The summed E-state index contributed by atoms with van der Waals surface area (Å²) in [5, 5.41) is 19.6. The van der Waals surface area contributed by atoms with E-state index in [1.165, 1.54) is 11.1 Å². The summed E-state index contributed by atoms with van der Waals surface area (Å²) in [5.41, 5.74) is 6.42. The van der Waals surface area contributed by atoms with Crippen LogP contribution in [0.2, 0.25) is 0 Å². The molecule has 0 bridgehead atoms. The maximum Gasteiger partial charge on any atom is 0.125 e. The molecule has 0 spiro atoms. The highest BCUT2D eigenvalue weighted by molar-refractivity contribution is 5.98. The number of allylic oxidation sites excluding steroid dienone is 6. The predicted molar refractivity (Wildman–Crippen MR) is 151 cm³/mol. The number of nitrogens with one attached hydrogen (secondary N) is 3. The summed E-state index contributed by atoms with van der Waals surface area (Å²) in [6.45, 7) is 23.1. The molecule has 0 amide bonds. The summed E-state index contributed by atoms with van der Waals surface area (Å²) in [6, 6.07) is 2.54. The number of hydrogen-bond acceptors (Lipinski definition) is 5. The summed E-state index contributed by atoms with van der Waals surface area (Å²) < 4.78 is 0. The molecule has 3 N–H and O–H groups in total. The van der Waals surface area contributed by atoms with Gasteiger partial charge in [-0.2, -0.15) is 5.26 Å². The molecular formula is C29H46N6. The highest BCUT2D eigenvalue weighted by atomic mass is 15.1. The fourth-order valence-electron chi connectivity index (χ4n) is 3.72. The summed E-state index contributed by atoms with van der Waals surface area (Å²) in [6.07, 6.45) is 9.32. The van der Waals surface area contributed by atoms with Crippen LogP contribution in [-0.4, -0.2) is 43.6 Å². The van der Waals surface area contributed by atoms with Gasteiger partial charge in [0, 0.05) is 43.3 Å². The molecule has 0 aliphatic heterocycles. The van der Waals surface area contributed by atoms with E-state index < -0.39 is 0 Å². The quantitative estimate of drug-likeness (QED) is 0.259. The van der Waals surface area contributed by atoms with Crippen LogP contribution in [-0.2, 0) is 0 Å². The molecule has 6 heteroatoms. The van der Waals surface area contributed by atoms with Crippen LogP contribution in [0, 0.1) is 23.2 Å². The van der Waals surface area contributed by atoms with Gasteiger partial charge in [0.2, 0.25) is 0 Å². The number of nitrogens with zero attached hydrogens (tertiary/aromatic N) is 3. The maximum absolute atomic E-state index is 9.26. The molecular weight excluding hydrogens is 432 g/mol. The number of amidine groups is 1. The summed E-state index contributed by atoms with van der Waals surface area (Å²) in [4.78, 5) is 6.90. The van der Waals surface area contributed by atoms with E-state index in [1.807, 2.05) is 40.9 Å². The fourth-order valence-corrected chi connectivity index (χ4v) is 3.72. The third-order valence-corrected chi connectivity index (χ3v) is 6.01. The molecule has 0 aromatic carbocycles. The second kappa shape index (κ2) is 14.3. The zero-order valence-corrected chi connectivity index (χ0v) is 23.3. The Kier molecular flexibility index (Phi) is 12.2. The van der Waals surface area contributed by atoms with Gasteiger partial charge in [-0.15, -0.1) is 0 Å². The maximum atomic E-state index is 9.26. The van der Waals surface area contributed by atoms with Crippen LogP contribution in [0.25, 0.3) is 0 Å². The van der Waals surface area contributed by atoms with E-state index in [9.17, 15) is 5.26 Å². The van der Waals surface area contributed by atoms with Crippen LogP contribution in [0.15, 0.2) is 76.3 Å². The Morgan fingerprint density at radius 3 is 2.31 bits per heavy atom. The third-order valence-electron chi connectivity index (χ3n) is 6.01. The zero-order chi connectivity index (χ0) is 26.7. The van der Waals surface area contributed by atoms with E-state index in [-0.39, 0.29) is 18.0 Å². The Bertz CT molecular complexity index is 952. The molecule has 192 valence electrons. The molecule has 35 heavy (non-hydrogen) atoms.